The number of carbonyl (C=O) groups excluding carboxylic acids is 1. The Bertz CT molecular complexity index is 501. The second kappa shape index (κ2) is 7.82. The average molecular weight is 316 g/mol. The molecule has 0 unspecified atom stereocenters. The van der Waals surface area contributed by atoms with Crippen LogP contribution in [0.25, 0.3) is 0 Å². The van der Waals surface area contributed by atoms with Gasteiger partial charge in [-0.3, -0.25) is 4.79 Å². The Morgan fingerprint density at radius 3 is 2.35 bits per heavy atom. The summed E-state index contributed by atoms with van der Waals surface area (Å²) in [7, 11) is 1.67. The van der Waals surface area contributed by atoms with E-state index in [0.717, 1.165) is 38.1 Å². The van der Waals surface area contributed by atoms with Gasteiger partial charge in [0, 0.05) is 25.6 Å². The van der Waals surface area contributed by atoms with E-state index in [1.807, 2.05) is 24.3 Å². The lowest BCUT2D eigenvalue weighted by atomic mass is 10.0. The van der Waals surface area contributed by atoms with Crippen LogP contribution in [0.15, 0.2) is 24.3 Å². The van der Waals surface area contributed by atoms with Crippen LogP contribution in [0.1, 0.15) is 37.7 Å². The third-order valence-electron chi connectivity index (χ3n) is 5.26. The molecule has 2 saturated heterocycles. The summed E-state index contributed by atoms with van der Waals surface area (Å²) in [6.07, 6.45) is 6.42. The lowest BCUT2D eigenvalue weighted by molar-refractivity contribution is -0.132. The molecule has 0 bridgehead atoms. The highest BCUT2D eigenvalue weighted by molar-refractivity contribution is 5.76. The summed E-state index contributed by atoms with van der Waals surface area (Å²) in [4.78, 5) is 17.1. The molecule has 0 aromatic heterocycles. The second-order valence-corrected chi connectivity index (χ2v) is 6.70. The van der Waals surface area contributed by atoms with Gasteiger partial charge in [-0.25, -0.2) is 0 Å². The summed E-state index contributed by atoms with van der Waals surface area (Å²) in [6, 6.07) is 8.73. The van der Waals surface area contributed by atoms with Crippen molar-refractivity contribution in [2.45, 2.75) is 44.6 Å². The van der Waals surface area contributed by atoms with Crippen LogP contribution in [-0.4, -0.2) is 55.0 Å². The van der Waals surface area contributed by atoms with E-state index in [2.05, 4.69) is 9.80 Å². The van der Waals surface area contributed by atoms with E-state index in [9.17, 15) is 4.79 Å². The zero-order valence-electron chi connectivity index (χ0n) is 14.2. The maximum absolute atomic E-state index is 12.4. The molecule has 2 aliphatic heterocycles. The number of piperidine rings is 1. The van der Waals surface area contributed by atoms with Crippen molar-refractivity contribution in [3.63, 3.8) is 0 Å². The third-order valence-corrected chi connectivity index (χ3v) is 5.26. The number of amides is 1. The van der Waals surface area contributed by atoms with Crippen molar-refractivity contribution in [1.82, 2.24) is 9.80 Å². The first-order valence-electron chi connectivity index (χ1n) is 8.91. The Kier molecular flexibility index (Phi) is 5.55. The molecule has 0 saturated carbocycles. The molecule has 0 atom stereocenters. The summed E-state index contributed by atoms with van der Waals surface area (Å²) in [6.45, 7) is 4.39. The van der Waals surface area contributed by atoms with Crippen molar-refractivity contribution in [3.8, 4) is 5.75 Å². The minimum Gasteiger partial charge on any atom is -0.497 e. The third kappa shape index (κ3) is 4.25. The van der Waals surface area contributed by atoms with Crippen LogP contribution >= 0.6 is 0 Å². The van der Waals surface area contributed by atoms with Gasteiger partial charge in [-0.2, -0.15) is 0 Å². The van der Waals surface area contributed by atoms with E-state index in [-0.39, 0.29) is 0 Å². The first-order chi connectivity index (χ1) is 11.3. The van der Waals surface area contributed by atoms with E-state index in [1.165, 1.54) is 31.5 Å². The highest BCUT2D eigenvalue weighted by Crippen LogP contribution is 2.21. The molecule has 2 fully saturated rings. The Morgan fingerprint density at radius 2 is 1.74 bits per heavy atom. The smallest absolute Gasteiger partial charge is 0.222 e. The zero-order chi connectivity index (χ0) is 16.1. The minimum absolute atomic E-state index is 0.306. The number of ether oxygens (including phenoxy) is 1. The Labute approximate surface area is 139 Å². The van der Waals surface area contributed by atoms with Crippen molar-refractivity contribution in [1.29, 1.82) is 0 Å². The molecular formula is C19H28N2O2. The molecule has 4 nitrogen and oxygen atoms in total. The number of rotatable bonds is 5. The van der Waals surface area contributed by atoms with Crippen LogP contribution in [0.3, 0.4) is 0 Å². The van der Waals surface area contributed by atoms with E-state index in [0.29, 0.717) is 18.4 Å². The Hall–Kier alpha value is -1.55. The number of likely N-dealkylation sites (tertiary alicyclic amines) is 2. The highest BCUT2D eigenvalue weighted by atomic mass is 16.5. The predicted octanol–water partition coefficient (Wildman–Crippen LogP) is 2.71. The topological polar surface area (TPSA) is 32.8 Å². The van der Waals surface area contributed by atoms with E-state index < -0.39 is 0 Å². The normalized spacial score (nSPS) is 20.0. The van der Waals surface area contributed by atoms with Gasteiger partial charge in [0.1, 0.15) is 5.75 Å². The molecule has 1 aromatic carbocycles. The number of aryl methyl sites for hydroxylation is 1. The van der Waals surface area contributed by atoms with Gasteiger partial charge in [0.2, 0.25) is 5.91 Å². The molecule has 0 N–H and O–H groups in total. The predicted molar refractivity (Wildman–Crippen MR) is 91.7 cm³/mol. The van der Waals surface area contributed by atoms with Crippen molar-refractivity contribution in [2.24, 2.45) is 0 Å². The maximum Gasteiger partial charge on any atom is 0.222 e. The Morgan fingerprint density at radius 1 is 1.09 bits per heavy atom. The van der Waals surface area contributed by atoms with Gasteiger partial charge in [-0.1, -0.05) is 12.1 Å². The van der Waals surface area contributed by atoms with Crippen molar-refractivity contribution >= 4 is 5.91 Å². The Balaban J connectivity index is 1.42. The van der Waals surface area contributed by atoms with Crippen LogP contribution in [0.2, 0.25) is 0 Å². The molecule has 0 aliphatic carbocycles. The van der Waals surface area contributed by atoms with Gasteiger partial charge in [0.15, 0.2) is 0 Å². The van der Waals surface area contributed by atoms with Gasteiger partial charge >= 0.3 is 0 Å². The first kappa shape index (κ1) is 16.3. The number of methoxy groups -OCH3 is 1. The largest absolute Gasteiger partial charge is 0.497 e. The molecule has 126 valence electrons. The van der Waals surface area contributed by atoms with Gasteiger partial charge in [0.25, 0.3) is 0 Å². The fraction of sp³-hybridized carbons (Fsp3) is 0.632. The van der Waals surface area contributed by atoms with Crippen LogP contribution in [0.4, 0.5) is 0 Å². The molecule has 2 heterocycles. The van der Waals surface area contributed by atoms with Crippen LogP contribution in [0, 0.1) is 0 Å². The molecule has 1 amide bonds. The van der Waals surface area contributed by atoms with Crippen LogP contribution in [0.5, 0.6) is 5.75 Å². The van der Waals surface area contributed by atoms with Gasteiger partial charge < -0.3 is 14.5 Å². The number of nitrogens with zero attached hydrogens (tertiary/aromatic N) is 2. The fourth-order valence-electron chi connectivity index (χ4n) is 3.79. The SMILES string of the molecule is COc1ccc(CCC(=O)N2CCC(N3CCCC3)CC2)cc1. The number of benzene rings is 1. The lowest BCUT2D eigenvalue weighted by Crippen LogP contribution is -2.45. The summed E-state index contributed by atoms with van der Waals surface area (Å²) < 4.78 is 5.16. The number of hydrogen-bond donors (Lipinski definition) is 0. The summed E-state index contributed by atoms with van der Waals surface area (Å²) in [5.41, 5.74) is 1.20. The van der Waals surface area contributed by atoms with Crippen molar-refractivity contribution in [3.05, 3.63) is 29.8 Å². The summed E-state index contributed by atoms with van der Waals surface area (Å²) in [5.74, 6) is 1.17. The quantitative estimate of drug-likeness (QED) is 0.837. The molecular weight excluding hydrogens is 288 g/mol. The molecule has 3 rings (SSSR count). The monoisotopic (exact) mass is 316 g/mol. The van der Waals surface area contributed by atoms with Gasteiger partial charge in [-0.05, 0) is 62.9 Å². The molecule has 4 heteroatoms. The van der Waals surface area contributed by atoms with Crippen LogP contribution < -0.4 is 4.74 Å². The van der Waals surface area contributed by atoms with Gasteiger partial charge in [-0.15, -0.1) is 0 Å². The summed E-state index contributed by atoms with van der Waals surface area (Å²) in [5, 5.41) is 0. The standard InChI is InChI=1S/C19H28N2O2/c1-23-18-7-4-16(5-8-18)6-9-19(22)21-14-10-17(11-15-21)20-12-2-3-13-20/h4-5,7-8,17H,2-3,6,9-15H2,1H3. The van der Waals surface area contributed by atoms with Crippen molar-refractivity contribution in [2.75, 3.05) is 33.3 Å². The maximum atomic E-state index is 12.4. The van der Waals surface area contributed by atoms with Crippen LogP contribution in [-0.2, 0) is 11.2 Å². The molecule has 23 heavy (non-hydrogen) atoms. The fourth-order valence-corrected chi connectivity index (χ4v) is 3.79. The van der Waals surface area contributed by atoms with E-state index in [4.69, 9.17) is 4.74 Å². The second-order valence-electron chi connectivity index (χ2n) is 6.70. The minimum atomic E-state index is 0.306. The molecule has 0 radical (unpaired) electrons. The van der Waals surface area contributed by atoms with E-state index >= 15 is 0 Å². The zero-order valence-corrected chi connectivity index (χ0v) is 14.2. The summed E-state index contributed by atoms with van der Waals surface area (Å²) >= 11 is 0. The molecule has 2 aliphatic rings. The number of carbonyl (C=O) groups is 1. The lowest BCUT2D eigenvalue weighted by Gasteiger charge is -2.36. The van der Waals surface area contributed by atoms with E-state index in [1.54, 1.807) is 7.11 Å². The number of hydrogen-bond acceptors (Lipinski definition) is 3. The highest BCUT2D eigenvalue weighted by Gasteiger charge is 2.27. The molecule has 0 spiro atoms. The molecule has 1 aromatic rings. The van der Waals surface area contributed by atoms with Crippen molar-refractivity contribution < 1.29 is 9.53 Å². The average Bonchev–Trinajstić information content (AvgIpc) is 3.15. The first-order valence-corrected chi connectivity index (χ1v) is 8.91. The van der Waals surface area contributed by atoms with Gasteiger partial charge in [0.05, 0.1) is 7.11 Å².